The molecule has 0 saturated heterocycles. The largest absolute Gasteiger partial charge is 0.493 e. The molecule has 2 aliphatic rings. The molecule has 14 nitrogen and oxygen atoms in total. The highest BCUT2D eigenvalue weighted by Crippen LogP contribution is 2.47. The number of carboxylic acid groups (broad SMARTS) is 2. The molecule has 0 spiro atoms. The van der Waals surface area contributed by atoms with Crippen molar-refractivity contribution in [1.82, 2.24) is 9.13 Å². The Labute approximate surface area is 350 Å². The van der Waals surface area contributed by atoms with Crippen molar-refractivity contribution in [3.8, 4) is 45.5 Å². The molecule has 324 valence electrons. The van der Waals surface area contributed by atoms with Crippen LogP contribution in [-0.4, -0.2) is 86.2 Å². The molecular formula is C46H58N2O12. The Morgan fingerprint density at radius 3 is 1.25 bits per heavy atom. The minimum atomic E-state index is -1.22. The molecule has 6 rings (SSSR count). The Bertz CT molecular complexity index is 2170. The van der Waals surface area contributed by atoms with Crippen molar-refractivity contribution >= 4 is 11.9 Å². The summed E-state index contributed by atoms with van der Waals surface area (Å²) in [5.74, 6) is 0.0107. The summed E-state index contributed by atoms with van der Waals surface area (Å²) in [4.78, 5) is 48.0. The lowest BCUT2D eigenvalue weighted by Gasteiger charge is -2.39. The van der Waals surface area contributed by atoms with Crippen LogP contribution in [0.15, 0.2) is 58.4 Å². The third kappa shape index (κ3) is 9.88. The van der Waals surface area contributed by atoms with Gasteiger partial charge in [-0.05, 0) is 59.1 Å². The fourth-order valence-corrected chi connectivity index (χ4v) is 7.76. The smallest absolute Gasteiger partial charge is 0.341 e. The maximum atomic E-state index is 12.5. The van der Waals surface area contributed by atoms with Crippen LogP contribution in [0.4, 0.5) is 0 Å². The molecule has 60 heavy (non-hydrogen) atoms. The van der Waals surface area contributed by atoms with Crippen molar-refractivity contribution < 1.29 is 48.2 Å². The maximum absolute atomic E-state index is 12.5. The lowest BCUT2D eigenvalue weighted by Crippen LogP contribution is -2.32. The highest BCUT2D eigenvalue weighted by Gasteiger charge is 2.36. The molecule has 0 radical (unpaired) electrons. The van der Waals surface area contributed by atoms with Crippen LogP contribution in [0.25, 0.3) is 22.5 Å². The average molecular weight is 831 g/mol. The summed E-state index contributed by atoms with van der Waals surface area (Å²) >= 11 is 0. The third-order valence-electron chi connectivity index (χ3n) is 10.9. The Morgan fingerprint density at radius 2 is 0.950 bits per heavy atom. The monoisotopic (exact) mass is 830 g/mol. The topological polar surface area (TPSA) is 174 Å². The van der Waals surface area contributed by atoms with E-state index in [1.165, 1.54) is 24.5 Å². The second-order valence-electron chi connectivity index (χ2n) is 17.2. The van der Waals surface area contributed by atoms with Crippen molar-refractivity contribution in [2.75, 3.05) is 54.9 Å². The SMILES string of the molecule is COCCCOc1cc2c(cc1OC)-c1cc(=O)c(C(=O)O)cn1[C@@H](C(C)(C)C)C2.COCCCOc1cc2c(cc1OC)-c1cc(=O)c(C(=O)O)cn1[C@H](C(C)(C)C)C2. The molecule has 0 bridgehead atoms. The zero-order valence-corrected chi connectivity index (χ0v) is 36.3. The summed E-state index contributed by atoms with van der Waals surface area (Å²) < 4.78 is 36.9. The molecule has 0 fully saturated rings. The normalized spacial score (nSPS) is 15.3. The summed E-state index contributed by atoms with van der Waals surface area (Å²) in [5, 5.41) is 18.9. The third-order valence-corrected chi connectivity index (χ3v) is 10.9. The van der Waals surface area contributed by atoms with Crippen LogP contribution in [0.1, 0.15) is 98.3 Å². The molecule has 4 heterocycles. The first-order valence-electron chi connectivity index (χ1n) is 20.0. The van der Waals surface area contributed by atoms with Crippen molar-refractivity contribution in [3.05, 3.63) is 91.5 Å². The molecule has 2 N–H and O–H groups in total. The van der Waals surface area contributed by atoms with Crippen molar-refractivity contribution in [2.45, 2.75) is 79.3 Å². The van der Waals surface area contributed by atoms with E-state index in [1.807, 2.05) is 33.4 Å². The van der Waals surface area contributed by atoms with Crippen molar-refractivity contribution in [3.63, 3.8) is 0 Å². The number of methoxy groups -OCH3 is 4. The van der Waals surface area contributed by atoms with Crippen molar-refractivity contribution in [1.29, 1.82) is 0 Å². The first kappa shape index (κ1) is 45.5. The van der Waals surface area contributed by atoms with E-state index in [2.05, 4.69) is 41.5 Å². The van der Waals surface area contributed by atoms with Crippen LogP contribution < -0.4 is 29.8 Å². The molecule has 2 aromatic heterocycles. The predicted octanol–water partition coefficient (Wildman–Crippen LogP) is 7.56. The van der Waals surface area contributed by atoms with Gasteiger partial charge in [0.15, 0.2) is 33.9 Å². The molecular weight excluding hydrogens is 773 g/mol. The van der Waals surface area contributed by atoms with Gasteiger partial charge in [-0.15, -0.1) is 0 Å². The first-order valence-corrected chi connectivity index (χ1v) is 20.0. The predicted molar refractivity (Wildman–Crippen MR) is 228 cm³/mol. The fourth-order valence-electron chi connectivity index (χ4n) is 7.76. The fraction of sp³-hybridized carbons (Fsp3) is 0.478. The number of ether oxygens (including phenoxy) is 6. The summed E-state index contributed by atoms with van der Waals surface area (Å²) in [7, 11) is 6.46. The number of aromatic nitrogens is 2. The Kier molecular flexibility index (Phi) is 14.2. The van der Waals surface area contributed by atoms with E-state index >= 15 is 0 Å². The van der Waals surface area contributed by atoms with E-state index < -0.39 is 22.8 Å². The molecule has 2 aromatic carbocycles. The minimum absolute atomic E-state index is 0.0200. The van der Waals surface area contributed by atoms with E-state index in [4.69, 9.17) is 28.4 Å². The zero-order chi connectivity index (χ0) is 44.1. The van der Waals surface area contributed by atoms with Gasteiger partial charge in [0.2, 0.25) is 0 Å². The van der Waals surface area contributed by atoms with Crippen LogP contribution in [0.2, 0.25) is 0 Å². The van der Waals surface area contributed by atoms with Crippen LogP contribution >= 0.6 is 0 Å². The quantitative estimate of drug-likeness (QED) is 0.120. The van der Waals surface area contributed by atoms with Gasteiger partial charge in [-0.2, -0.15) is 0 Å². The molecule has 0 amide bonds. The highest BCUT2D eigenvalue weighted by molar-refractivity contribution is 5.88. The number of pyridine rings is 2. The molecule has 0 unspecified atom stereocenters. The summed E-state index contributed by atoms with van der Waals surface area (Å²) in [6, 6.07) is 10.5. The number of fused-ring (bicyclic) bond motifs is 6. The molecule has 2 aliphatic heterocycles. The second-order valence-corrected chi connectivity index (χ2v) is 17.2. The van der Waals surface area contributed by atoms with Crippen LogP contribution in [-0.2, 0) is 22.3 Å². The minimum Gasteiger partial charge on any atom is -0.493 e. The van der Waals surface area contributed by atoms with E-state index in [-0.39, 0.29) is 34.0 Å². The maximum Gasteiger partial charge on any atom is 0.341 e. The van der Waals surface area contributed by atoms with Gasteiger partial charge in [0, 0.05) is 88.0 Å². The van der Waals surface area contributed by atoms with Gasteiger partial charge >= 0.3 is 11.9 Å². The Morgan fingerprint density at radius 1 is 0.583 bits per heavy atom. The molecule has 2 atom stereocenters. The van der Waals surface area contributed by atoms with Crippen LogP contribution in [0, 0.1) is 10.8 Å². The molecule has 0 aliphatic carbocycles. The number of hydrogen-bond donors (Lipinski definition) is 2. The molecule has 14 heteroatoms. The Hall–Kier alpha value is -5.60. The number of nitrogens with zero attached hydrogens (tertiary/aromatic N) is 2. The van der Waals surface area contributed by atoms with Gasteiger partial charge in [-0.25, -0.2) is 9.59 Å². The van der Waals surface area contributed by atoms with Gasteiger partial charge in [-0.1, -0.05) is 41.5 Å². The number of carbonyl (C=O) groups is 2. The van der Waals surface area contributed by atoms with E-state index in [9.17, 15) is 29.4 Å². The summed E-state index contributed by atoms with van der Waals surface area (Å²) in [6.07, 6.45) is 5.84. The zero-order valence-electron chi connectivity index (χ0n) is 36.3. The number of carboxylic acids is 2. The van der Waals surface area contributed by atoms with Crippen LogP contribution in [0.5, 0.6) is 23.0 Å². The lowest BCUT2D eigenvalue weighted by molar-refractivity contribution is 0.0683. The average Bonchev–Trinajstić information content (AvgIpc) is 3.18. The first-order chi connectivity index (χ1) is 28.3. The van der Waals surface area contributed by atoms with Gasteiger partial charge in [-0.3, -0.25) is 9.59 Å². The van der Waals surface area contributed by atoms with Gasteiger partial charge in [0.25, 0.3) is 0 Å². The van der Waals surface area contributed by atoms with Gasteiger partial charge in [0.05, 0.1) is 38.8 Å². The highest BCUT2D eigenvalue weighted by atomic mass is 16.5. The number of benzene rings is 2. The molecule has 0 saturated carbocycles. The number of rotatable bonds is 14. The second kappa shape index (κ2) is 18.8. The van der Waals surface area contributed by atoms with Gasteiger partial charge < -0.3 is 47.8 Å². The van der Waals surface area contributed by atoms with E-state index in [1.54, 1.807) is 28.4 Å². The Balaban J connectivity index is 0.000000228. The number of aromatic carboxylic acids is 2. The standard InChI is InChI=1S/2C23H29NO6/c2*1-23(2,3)21-10-14-9-20(30-8-6-7-28-4)19(29-5)11-15(14)17-12-18(25)16(22(26)27)13-24(17)21/h2*9,11-13,21H,6-8,10H2,1-5H3,(H,26,27)/t2*21-/m10/s1. The molecule has 4 aromatic rings. The summed E-state index contributed by atoms with van der Waals surface area (Å²) in [6.45, 7) is 14.9. The summed E-state index contributed by atoms with van der Waals surface area (Å²) in [5.41, 5.74) is 3.40. The van der Waals surface area contributed by atoms with Crippen molar-refractivity contribution in [2.24, 2.45) is 10.8 Å². The van der Waals surface area contributed by atoms with Crippen LogP contribution in [0.3, 0.4) is 0 Å². The lowest BCUT2D eigenvalue weighted by atomic mass is 9.78. The van der Waals surface area contributed by atoms with E-state index in [0.717, 1.165) is 35.1 Å². The van der Waals surface area contributed by atoms with Gasteiger partial charge in [0.1, 0.15) is 11.1 Å². The van der Waals surface area contributed by atoms with E-state index in [0.29, 0.717) is 73.7 Å². The number of hydrogen-bond acceptors (Lipinski definition) is 10.